The molecular weight excluding hydrogens is 503 g/mol. The lowest BCUT2D eigenvalue weighted by Gasteiger charge is -2.23. The molecule has 0 saturated heterocycles. The number of carbonyl (C=O) groups is 1. The normalized spacial score (nSPS) is 13.4. The molecule has 0 spiro atoms. The summed E-state index contributed by atoms with van der Waals surface area (Å²) in [5.74, 6) is -0.224. The zero-order valence-corrected chi connectivity index (χ0v) is 22.6. The number of esters is 1. The van der Waals surface area contributed by atoms with Crippen LogP contribution in [-0.4, -0.2) is 19.2 Å². The number of hydrogen-bond acceptors (Lipinski definition) is 4. The van der Waals surface area contributed by atoms with Crippen LogP contribution in [0.15, 0.2) is 78.9 Å². The van der Waals surface area contributed by atoms with Crippen LogP contribution in [-0.2, 0) is 10.9 Å². The monoisotopic (exact) mass is 535 g/mol. The van der Waals surface area contributed by atoms with Crippen molar-refractivity contribution < 1.29 is 27.4 Å². The quantitative estimate of drug-likeness (QED) is 0.230. The minimum Gasteiger partial charge on any atom is -0.497 e. The fraction of sp³-hybridized carbons (Fsp3) is 0.281. The molecule has 4 aromatic rings. The van der Waals surface area contributed by atoms with Crippen molar-refractivity contribution in [2.45, 2.75) is 52.1 Å². The van der Waals surface area contributed by atoms with Crippen LogP contribution in [0.5, 0.6) is 5.75 Å². The van der Waals surface area contributed by atoms with Gasteiger partial charge in [0.2, 0.25) is 0 Å². The maximum atomic E-state index is 13.8. The summed E-state index contributed by atoms with van der Waals surface area (Å²) >= 11 is 0. The predicted octanol–water partition coefficient (Wildman–Crippen LogP) is 8.51. The maximum absolute atomic E-state index is 13.8. The van der Waals surface area contributed by atoms with Gasteiger partial charge in [-0.1, -0.05) is 42.5 Å². The van der Waals surface area contributed by atoms with Crippen LogP contribution in [0.25, 0.3) is 21.9 Å². The Hall–Kier alpha value is -3.84. The Bertz CT molecular complexity index is 1480. The van der Waals surface area contributed by atoms with Gasteiger partial charge in [0.05, 0.1) is 24.3 Å². The molecular formula is C32H32F3NO3. The Morgan fingerprint density at radius 3 is 2.23 bits per heavy atom. The molecule has 7 heteroatoms. The molecule has 0 amide bonds. The van der Waals surface area contributed by atoms with Crippen molar-refractivity contribution in [3.05, 3.63) is 101 Å². The molecule has 4 rings (SSSR count). The van der Waals surface area contributed by atoms with Gasteiger partial charge in [-0.15, -0.1) is 0 Å². The van der Waals surface area contributed by atoms with E-state index in [-0.39, 0.29) is 12.1 Å². The Morgan fingerprint density at radius 2 is 1.54 bits per heavy atom. The number of alkyl halides is 3. The number of carbonyl (C=O) groups excluding carboxylic acids is 1. The summed E-state index contributed by atoms with van der Waals surface area (Å²) in [4.78, 5) is 12.7. The van der Waals surface area contributed by atoms with Crippen molar-refractivity contribution in [2.75, 3.05) is 7.11 Å². The second-order valence-electron chi connectivity index (χ2n) is 9.89. The Kier molecular flexibility index (Phi) is 8.31. The molecule has 4 nitrogen and oxygen atoms in total. The Balaban J connectivity index is 1.78. The average molecular weight is 536 g/mol. The summed E-state index contributed by atoms with van der Waals surface area (Å²) in [6, 6.07) is 23.2. The first-order valence-electron chi connectivity index (χ1n) is 12.8. The number of fused-ring (bicyclic) bond motifs is 1. The van der Waals surface area contributed by atoms with E-state index in [4.69, 9.17) is 9.47 Å². The smallest absolute Gasteiger partial charge is 0.417 e. The van der Waals surface area contributed by atoms with Crippen molar-refractivity contribution in [1.29, 1.82) is 0 Å². The third-order valence-electron chi connectivity index (χ3n) is 6.68. The molecule has 1 N–H and O–H groups in total. The van der Waals surface area contributed by atoms with Crippen molar-refractivity contribution in [3.63, 3.8) is 0 Å². The van der Waals surface area contributed by atoms with Crippen molar-refractivity contribution >= 4 is 16.7 Å². The minimum atomic E-state index is -4.69. The molecule has 0 aliphatic heterocycles. The second kappa shape index (κ2) is 11.5. The summed E-state index contributed by atoms with van der Waals surface area (Å²) in [5, 5.41) is 5.42. The first-order chi connectivity index (χ1) is 18.5. The van der Waals surface area contributed by atoms with E-state index in [0.29, 0.717) is 5.56 Å². The number of hydrogen-bond donors (Lipinski definition) is 1. The third-order valence-corrected chi connectivity index (χ3v) is 6.68. The van der Waals surface area contributed by atoms with Crippen LogP contribution >= 0.6 is 0 Å². The zero-order chi connectivity index (χ0) is 28.3. The standard InChI is InChI=1S/C32H32F3NO3/c1-19(2)39-31(37)29-17-24(13-14-30(29)32(33,34)35)28-18-25(15-23-9-6-7-12-27(23)28)21(4)36-20(3)22-10-8-11-26(16-22)38-5/h6-21,36H,1-5H3/t20-,21?/m1/s1. The number of halogens is 3. The van der Waals surface area contributed by atoms with Crippen molar-refractivity contribution in [2.24, 2.45) is 0 Å². The van der Waals surface area contributed by atoms with E-state index in [1.165, 1.54) is 12.1 Å². The molecule has 0 radical (unpaired) electrons. The summed E-state index contributed by atoms with van der Waals surface area (Å²) in [6.07, 6.45) is -5.24. The van der Waals surface area contributed by atoms with Crippen molar-refractivity contribution in [1.82, 2.24) is 5.32 Å². The van der Waals surface area contributed by atoms with E-state index in [2.05, 4.69) is 18.3 Å². The molecule has 39 heavy (non-hydrogen) atoms. The molecule has 0 aliphatic carbocycles. The lowest BCUT2D eigenvalue weighted by molar-refractivity contribution is -0.138. The highest BCUT2D eigenvalue weighted by Crippen LogP contribution is 2.38. The van der Waals surface area contributed by atoms with Crippen LogP contribution in [0.2, 0.25) is 0 Å². The van der Waals surface area contributed by atoms with E-state index in [9.17, 15) is 18.0 Å². The molecule has 0 fully saturated rings. The fourth-order valence-electron chi connectivity index (χ4n) is 4.71. The van der Waals surface area contributed by atoms with E-state index in [0.717, 1.165) is 39.3 Å². The largest absolute Gasteiger partial charge is 0.497 e. The van der Waals surface area contributed by atoms with Crippen LogP contribution in [0.1, 0.15) is 66.8 Å². The highest BCUT2D eigenvalue weighted by atomic mass is 19.4. The van der Waals surface area contributed by atoms with Gasteiger partial charge in [0.25, 0.3) is 0 Å². The van der Waals surface area contributed by atoms with Gasteiger partial charge >= 0.3 is 12.1 Å². The van der Waals surface area contributed by atoms with Crippen LogP contribution < -0.4 is 10.1 Å². The number of benzene rings is 4. The summed E-state index contributed by atoms with van der Waals surface area (Å²) in [5.41, 5.74) is 1.76. The van der Waals surface area contributed by atoms with E-state index < -0.39 is 29.4 Å². The lowest BCUT2D eigenvalue weighted by atomic mass is 9.91. The third kappa shape index (κ3) is 6.42. The molecule has 4 aromatic carbocycles. The Labute approximate surface area is 226 Å². The summed E-state index contributed by atoms with van der Waals surface area (Å²) in [7, 11) is 1.63. The van der Waals surface area contributed by atoms with Gasteiger partial charge in [-0.05, 0) is 97.1 Å². The molecule has 0 saturated carbocycles. The topological polar surface area (TPSA) is 47.6 Å². The van der Waals surface area contributed by atoms with Crippen molar-refractivity contribution in [3.8, 4) is 16.9 Å². The average Bonchev–Trinajstić information content (AvgIpc) is 2.91. The highest BCUT2D eigenvalue weighted by Gasteiger charge is 2.36. The molecule has 204 valence electrons. The summed E-state index contributed by atoms with van der Waals surface area (Å²) < 4.78 is 51.9. The van der Waals surface area contributed by atoms with Crippen LogP contribution in [0, 0.1) is 0 Å². The van der Waals surface area contributed by atoms with Gasteiger partial charge < -0.3 is 14.8 Å². The Morgan fingerprint density at radius 1 is 0.821 bits per heavy atom. The SMILES string of the molecule is COc1cccc([C@@H](C)NC(C)c2cc(-c3ccc(C(F)(F)F)c(C(=O)OC(C)C)c3)c3ccccc3c2)c1. The van der Waals surface area contributed by atoms with E-state index in [1.807, 2.05) is 61.5 Å². The van der Waals surface area contributed by atoms with Gasteiger partial charge in [-0.2, -0.15) is 13.2 Å². The second-order valence-corrected chi connectivity index (χ2v) is 9.89. The van der Waals surface area contributed by atoms with Gasteiger partial charge in [-0.25, -0.2) is 4.79 Å². The fourth-order valence-corrected chi connectivity index (χ4v) is 4.71. The highest BCUT2D eigenvalue weighted by molar-refractivity contribution is 5.99. The first-order valence-corrected chi connectivity index (χ1v) is 12.8. The van der Waals surface area contributed by atoms with Gasteiger partial charge in [-0.3, -0.25) is 0 Å². The van der Waals surface area contributed by atoms with Gasteiger partial charge in [0.15, 0.2) is 0 Å². The molecule has 1 unspecified atom stereocenters. The molecule has 0 bridgehead atoms. The number of rotatable bonds is 8. The molecule has 0 aromatic heterocycles. The van der Waals surface area contributed by atoms with Crippen LogP contribution in [0.4, 0.5) is 13.2 Å². The minimum absolute atomic E-state index is 0.00787. The van der Waals surface area contributed by atoms with E-state index in [1.54, 1.807) is 21.0 Å². The number of methoxy groups -OCH3 is 1. The summed E-state index contributed by atoms with van der Waals surface area (Å²) in [6.45, 7) is 7.32. The van der Waals surface area contributed by atoms with E-state index >= 15 is 0 Å². The van der Waals surface area contributed by atoms with Crippen LogP contribution in [0.3, 0.4) is 0 Å². The maximum Gasteiger partial charge on any atom is 0.417 e. The molecule has 0 aliphatic rings. The lowest BCUT2D eigenvalue weighted by Crippen LogP contribution is -2.22. The number of nitrogens with one attached hydrogen (secondary N) is 1. The first kappa shape index (κ1) is 28.2. The predicted molar refractivity (Wildman–Crippen MR) is 148 cm³/mol. The zero-order valence-electron chi connectivity index (χ0n) is 22.6. The van der Waals surface area contributed by atoms with Gasteiger partial charge in [0.1, 0.15) is 5.75 Å². The van der Waals surface area contributed by atoms with Gasteiger partial charge in [0, 0.05) is 12.1 Å². The molecule has 0 heterocycles. The number of ether oxygens (including phenoxy) is 2. The molecule has 2 atom stereocenters.